The predicted octanol–water partition coefficient (Wildman–Crippen LogP) is -2.50. The molecule has 30 heteroatoms. The molecule has 4 heterocycles. The van der Waals surface area contributed by atoms with Gasteiger partial charge in [0.15, 0.2) is 25.2 Å². The van der Waals surface area contributed by atoms with E-state index in [9.17, 15) is 79.8 Å². The van der Waals surface area contributed by atoms with E-state index in [4.69, 9.17) is 67.4 Å². The molecule has 4 aliphatic rings. The van der Waals surface area contributed by atoms with Gasteiger partial charge in [0.05, 0.1) is 18.3 Å². The van der Waals surface area contributed by atoms with Crippen molar-refractivity contribution in [2.75, 3.05) is 26.4 Å². The van der Waals surface area contributed by atoms with Gasteiger partial charge in [0.1, 0.15) is 131 Å². The van der Waals surface area contributed by atoms with E-state index in [0.29, 0.717) is 44.1 Å². The molecule has 0 aromatic heterocycles. The first-order valence-electron chi connectivity index (χ1n) is 26.7. The van der Waals surface area contributed by atoms with Gasteiger partial charge in [-0.1, -0.05) is 41.0 Å². The van der Waals surface area contributed by atoms with Crippen LogP contribution in [0.4, 0.5) is 0 Å². The van der Waals surface area contributed by atoms with Crippen molar-refractivity contribution in [2.24, 2.45) is 0 Å². The van der Waals surface area contributed by atoms with Gasteiger partial charge in [0, 0.05) is 0 Å². The van der Waals surface area contributed by atoms with Crippen LogP contribution in [0, 0.1) is 0 Å². The molecule has 83 heavy (non-hydrogen) atoms. The topological polar surface area (TPSA) is 467 Å². The van der Waals surface area contributed by atoms with Crippen LogP contribution in [0.15, 0.2) is 47.6 Å². The second-order valence-electron chi connectivity index (χ2n) is 20.9. The smallest absolute Gasteiger partial charge is 0.317 e. The zero-order valence-electron chi connectivity index (χ0n) is 46.5. The molecular weight excluding hydrogens is 1120 g/mol. The molecule has 13 N–H and O–H groups in total. The molecule has 472 valence electrons. The normalized spacial score (nSPS) is 35.1. The lowest BCUT2D eigenvalue weighted by Gasteiger charge is -2.47. The summed E-state index contributed by atoms with van der Waals surface area (Å²) in [6.07, 6.45) is -26.4. The van der Waals surface area contributed by atoms with Gasteiger partial charge in [0.2, 0.25) is 0 Å². The number of esters is 3. The lowest BCUT2D eigenvalue weighted by atomic mass is 9.95. The number of carbonyl (C=O) groups is 6. The summed E-state index contributed by atoms with van der Waals surface area (Å²) < 4.78 is 61.3. The Morgan fingerprint density at radius 3 is 1.39 bits per heavy atom. The molecule has 0 bridgehead atoms. The number of aliphatic carboxylic acids is 3. The Labute approximate surface area is 476 Å². The van der Waals surface area contributed by atoms with E-state index in [1.807, 2.05) is 26.0 Å². The molecule has 0 aromatic carbocycles. The Morgan fingerprint density at radius 1 is 0.482 bits per heavy atom. The Kier molecular flexibility index (Phi) is 28.1. The van der Waals surface area contributed by atoms with Crippen LogP contribution in [0.2, 0.25) is 0 Å². The van der Waals surface area contributed by atoms with Gasteiger partial charge in [-0.15, -0.1) is 6.58 Å². The van der Waals surface area contributed by atoms with Gasteiger partial charge in [0.25, 0.3) is 0 Å². The second kappa shape index (κ2) is 33.1. The van der Waals surface area contributed by atoms with Crippen LogP contribution in [-0.2, 0) is 80.9 Å². The van der Waals surface area contributed by atoms with Gasteiger partial charge < -0.3 is 118 Å². The maximum Gasteiger partial charge on any atom is 0.317 e. The minimum absolute atomic E-state index is 0.181. The summed E-state index contributed by atoms with van der Waals surface area (Å²) in [5, 5.41) is 134. The van der Waals surface area contributed by atoms with Crippen molar-refractivity contribution in [3.8, 4) is 0 Å². The fourth-order valence-corrected chi connectivity index (χ4v) is 8.93. The number of carboxylic acids is 3. The third-order valence-electron chi connectivity index (χ3n) is 13.9. The lowest BCUT2D eigenvalue weighted by Crippen LogP contribution is -2.64. The summed E-state index contributed by atoms with van der Waals surface area (Å²) in [6.45, 7) is 10.1. The molecule has 0 aromatic rings. The number of allylic oxidation sites excluding steroid dienone is 5. The average molecular weight is 1200 g/mol. The van der Waals surface area contributed by atoms with Gasteiger partial charge >= 0.3 is 35.8 Å². The Bertz CT molecular complexity index is 2260. The first kappa shape index (κ1) is 70.5. The van der Waals surface area contributed by atoms with Crippen molar-refractivity contribution in [3.05, 3.63) is 47.6 Å². The van der Waals surface area contributed by atoms with E-state index in [1.165, 1.54) is 13.0 Å². The number of hydrogen-bond donors (Lipinski definition) is 13. The molecule has 4 aliphatic heterocycles. The van der Waals surface area contributed by atoms with Crippen LogP contribution in [0.25, 0.3) is 0 Å². The average Bonchev–Trinajstić information content (AvgIpc) is 3.62. The van der Waals surface area contributed by atoms with E-state index in [2.05, 4.69) is 12.7 Å². The molecule has 0 saturated carbocycles. The van der Waals surface area contributed by atoms with E-state index < -0.39 is 203 Å². The summed E-state index contributed by atoms with van der Waals surface area (Å²) >= 11 is 0. The van der Waals surface area contributed by atoms with Crippen molar-refractivity contribution >= 4 is 35.8 Å². The summed E-state index contributed by atoms with van der Waals surface area (Å²) in [5.74, 6) is -8.01. The summed E-state index contributed by atoms with van der Waals surface area (Å²) in [4.78, 5) is 69.0. The summed E-state index contributed by atoms with van der Waals surface area (Å²) in [7, 11) is 0. The molecular formula is C53H80O30. The summed E-state index contributed by atoms with van der Waals surface area (Å²) in [6, 6.07) is 0. The van der Waals surface area contributed by atoms with Crippen molar-refractivity contribution < 1.29 is 147 Å². The zero-order chi connectivity index (χ0) is 62.0. The highest BCUT2D eigenvalue weighted by molar-refractivity contribution is 5.91. The number of aliphatic hydroxyl groups excluding tert-OH is 10. The number of hydrogen-bond acceptors (Lipinski definition) is 27. The Balaban J connectivity index is 1.33. The third kappa shape index (κ3) is 21.5. The van der Waals surface area contributed by atoms with Crippen LogP contribution in [0.5, 0.6) is 0 Å². The number of carboxylic acid groups (broad SMARTS) is 3. The highest BCUT2D eigenvalue weighted by Gasteiger charge is 2.54. The fourth-order valence-electron chi connectivity index (χ4n) is 8.93. The molecule has 30 nitrogen and oxygen atoms in total. The minimum atomic E-state index is -2.01. The molecule has 4 fully saturated rings. The van der Waals surface area contributed by atoms with Gasteiger partial charge in [-0.3, -0.25) is 28.8 Å². The van der Waals surface area contributed by atoms with E-state index >= 15 is 0 Å². The lowest BCUT2D eigenvalue weighted by molar-refractivity contribution is -0.366. The minimum Gasteiger partial charge on any atom is -0.481 e. The Morgan fingerprint density at radius 2 is 0.880 bits per heavy atom. The predicted molar refractivity (Wildman–Crippen MR) is 274 cm³/mol. The molecule has 21 atom stereocenters. The first-order valence-corrected chi connectivity index (χ1v) is 26.7. The second-order valence-corrected chi connectivity index (χ2v) is 20.9. The highest BCUT2D eigenvalue weighted by Crippen LogP contribution is 2.34. The van der Waals surface area contributed by atoms with E-state index in [-0.39, 0.29) is 6.61 Å². The molecule has 0 aliphatic carbocycles. The third-order valence-corrected chi connectivity index (χ3v) is 13.9. The number of ether oxygens (including phenoxy) is 11. The maximum atomic E-state index is 12.2. The SMILES string of the molecule is C=C[C@](C)(CC/C=C(\C)CC/C=C(\C)CC/C=C(/C)CO[C@@H]1O[C@H](COC(=O)CC(=O)O)[C@@H](O)[C@H](O)[C@H]1OC1O[C@H](COC(=O)CC(=O)O)[C@@H](O)[C@H](O)[C@H]1O)O[C@@H]1O[C@H](COC(=O)CC(=O)O)[C@@H](O[C@@H]2O[C@@H](C)[C@H](O)[C@@H](O)[C@H]2O)[C@H](O)[C@H]1O. The van der Waals surface area contributed by atoms with Crippen molar-refractivity contribution in [2.45, 2.75) is 221 Å². The van der Waals surface area contributed by atoms with Gasteiger partial charge in [-0.05, 0) is 73.1 Å². The monoisotopic (exact) mass is 1200 g/mol. The molecule has 0 radical (unpaired) electrons. The van der Waals surface area contributed by atoms with Gasteiger partial charge in [-0.2, -0.15) is 0 Å². The van der Waals surface area contributed by atoms with Crippen LogP contribution >= 0.6 is 0 Å². The first-order chi connectivity index (χ1) is 38.9. The van der Waals surface area contributed by atoms with Crippen molar-refractivity contribution in [1.82, 2.24) is 0 Å². The van der Waals surface area contributed by atoms with Gasteiger partial charge in [-0.25, -0.2) is 0 Å². The molecule has 4 rings (SSSR count). The van der Waals surface area contributed by atoms with E-state index in [0.717, 1.165) is 11.1 Å². The van der Waals surface area contributed by atoms with Crippen LogP contribution in [0.1, 0.15) is 92.4 Å². The highest BCUT2D eigenvalue weighted by atomic mass is 16.8. The molecule has 1 unspecified atom stereocenters. The Hall–Kier alpha value is -4.94. The quantitative estimate of drug-likeness (QED) is 0.0148. The van der Waals surface area contributed by atoms with Crippen LogP contribution in [0.3, 0.4) is 0 Å². The summed E-state index contributed by atoms with van der Waals surface area (Å²) in [5.41, 5.74) is 1.55. The largest absolute Gasteiger partial charge is 0.481 e. The molecule has 4 saturated heterocycles. The standard InChI is InChI=1S/C53H80O30/c1-7-53(6,83-51-46(72)43(69)47(30(80-51)23-75-36(62)19-33(58)59)81-49-44(70)40(66)37(63)27(5)77-49)16-10-15-25(3)12-8-11-24(2)13-9-14-26(4)20-76-52-48(42(68)39(65)29(79-52)22-74-35(61)18-32(56)57)82-50-45(71)41(67)38(64)28(78-50)21-73-34(60)17-31(54)55/h7,11,14-15,27-30,37-52,63-72H,1,8-10,12-13,16-23H2,2-6H3,(H,54,55)(H,56,57)(H,58,59)/b24-11+,25-15+,26-14-/t27-,28+,29+,30+,37-,38+,39+,40+,41-,42-,43+,44+,45+,46+,47+,48+,49-,50?,51-,52+,53+/m0/s1. The fraction of sp³-hybridized carbons (Fsp3) is 0.736. The zero-order valence-corrected chi connectivity index (χ0v) is 46.5. The van der Waals surface area contributed by atoms with Crippen molar-refractivity contribution in [1.29, 1.82) is 0 Å². The number of carbonyl (C=O) groups excluding carboxylic acids is 3. The van der Waals surface area contributed by atoms with Crippen LogP contribution < -0.4 is 0 Å². The molecule has 0 spiro atoms. The maximum absolute atomic E-state index is 12.2. The number of rotatable bonds is 31. The van der Waals surface area contributed by atoms with E-state index in [1.54, 1.807) is 13.8 Å². The number of aliphatic hydroxyl groups is 10. The molecule has 0 amide bonds. The van der Waals surface area contributed by atoms with Crippen LogP contribution in [-0.4, -0.2) is 257 Å². The van der Waals surface area contributed by atoms with Crippen molar-refractivity contribution in [3.63, 3.8) is 0 Å².